The number of hydrogen-bond donors (Lipinski definition) is 3. The van der Waals surface area contributed by atoms with Crippen molar-refractivity contribution in [1.29, 1.82) is 0 Å². The maximum absolute atomic E-state index is 13.4. The van der Waals surface area contributed by atoms with Crippen LogP contribution in [0.25, 0.3) is 0 Å². The zero-order chi connectivity index (χ0) is 12.3. The maximum Gasteiger partial charge on any atom is 0.146 e. The lowest BCUT2D eigenvalue weighted by Gasteiger charge is -2.10. The molecule has 0 saturated heterocycles. The molecule has 0 fully saturated rings. The van der Waals surface area contributed by atoms with Crippen molar-refractivity contribution < 1.29 is 4.39 Å². The highest BCUT2D eigenvalue weighted by Gasteiger charge is 2.02. The van der Waals surface area contributed by atoms with Gasteiger partial charge in [-0.1, -0.05) is 12.1 Å². The summed E-state index contributed by atoms with van der Waals surface area (Å²) < 4.78 is 13.4. The molecule has 0 aliphatic carbocycles. The smallest absolute Gasteiger partial charge is 0.146 e. The van der Waals surface area contributed by atoms with Crippen molar-refractivity contribution in [2.45, 2.75) is 6.54 Å². The molecule has 0 aliphatic rings. The third kappa shape index (κ3) is 2.66. The number of nitrogens with two attached hydrogens (primary N) is 2. The average Bonchev–Trinajstić information content (AvgIpc) is 2.32. The normalized spacial score (nSPS) is 10.2. The molecule has 0 amide bonds. The zero-order valence-corrected chi connectivity index (χ0v) is 9.28. The van der Waals surface area contributed by atoms with Crippen LogP contribution in [-0.2, 0) is 6.54 Å². The molecule has 0 unspecified atom stereocenters. The molecule has 0 heterocycles. The topological polar surface area (TPSA) is 64.1 Å². The van der Waals surface area contributed by atoms with E-state index in [9.17, 15) is 4.39 Å². The van der Waals surface area contributed by atoms with Crippen LogP contribution in [0.3, 0.4) is 0 Å². The van der Waals surface area contributed by atoms with Crippen LogP contribution in [0.5, 0.6) is 0 Å². The summed E-state index contributed by atoms with van der Waals surface area (Å²) in [5, 5.41) is 2.99. The number of nitrogens with one attached hydrogen (secondary N) is 1. The van der Waals surface area contributed by atoms with Gasteiger partial charge in [0.2, 0.25) is 0 Å². The second kappa shape index (κ2) is 4.74. The summed E-state index contributed by atoms with van der Waals surface area (Å²) in [4.78, 5) is 0. The van der Waals surface area contributed by atoms with E-state index in [0.29, 0.717) is 23.6 Å². The number of benzene rings is 2. The van der Waals surface area contributed by atoms with Crippen LogP contribution >= 0.6 is 0 Å². The van der Waals surface area contributed by atoms with E-state index in [0.717, 1.165) is 5.56 Å². The molecule has 0 saturated carbocycles. The van der Waals surface area contributed by atoms with Crippen molar-refractivity contribution in [2.24, 2.45) is 0 Å². The van der Waals surface area contributed by atoms with Crippen LogP contribution in [0, 0.1) is 5.82 Å². The Balaban J connectivity index is 2.12. The molecule has 4 heteroatoms. The van der Waals surface area contributed by atoms with Crippen LogP contribution < -0.4 is 16.8 Å². The van der Waals surface area contributed by atoms with Gasteiger partial charge in [-0.15, -0.1) is 0 Å². The average molecular weight is 231 g/mol. The van der Waals surface area contributed by atoms with Gasteiger partial charge in [-0.2, -0.15) is 0 Å². The lowest BCUT2D eigenvalue weighted by molar-refractivity contribution is 0.630. The Bertz CT molecular complexity index is 526. The molecular formula is C13H14FN3. The van der Waals surface area contributed by atoms with Crippen LogP contribution in [0.4, 0.5) is 21.5 Å². The van der Waals surface area contributed by atoms with Crippen molar-refractivity contribution in [3.63, 3.8) is 0 Å². The van der Waals surface area contributed by atoms with Crippen molar-refractivity contribution >= 4 is 17.1 Å². The highest BCUT2D eigenvalue weighted by atomic mass is 19.1. The van der Waals surface area contributed by atoms with Crippen molar-refractivity contribution in [2.75, 3.05) is 16.8 Å². The van der Waals surface area contributed by atoms with Gasteiger partial charge in [-0.3, -0.25) is 0 Å². The van der Waals surface area contributed by atoms with Crippen molar-refractivity contribution in [1.82, 2.24) is 0 Å². The Labute approximate surface area is 99.2 Å². The molecule has 0 bridgehead atoms. The van der Waals surface area contributed by atoms with Gasteiger partial charge in [-0.05, 0) is 35.9 Å². The first kappa shape index (κ1) is 11.3. The Hall–Kier alpha value is -2.23. The van der Waals surface area contributed by atoms with Crippen LogP contribution in [0.1, 0.15) is 5.56 Å². The molecule has 2 aromatic carbocycles. The number of hydrogen-bond acceptors (Lipinski definition) is 3. The molecule has 3 nitrogen and oxygen atoms in total. The standard InChI is InChI=1S/C13H14FN3/c14-11-3-1-2-4-13(11)17-8-9-7-10(15)5-6-12(9)16/h1-7,17H,8,15-16H2. The summed E-state index contributed by atoms with van der Waals surface area (Å²) in [5.41, 5.74) is 14.1. The summed E-state index contributed by atoms with van der Waals surface area (Å²) in [6, 6.07) is 11.8. The van der Waals surface area contributed by atoms with Gasteiger partial charge in [0.15, 0.2) is 0 Å². The minimum Gasteiger partial charge on any atom is -0.399 e. The summed E-state index contributed by atoms with van der Waals surface area (Å²) in [5.74, 6) is -0.282. The van der Waals surface area contributed by atoms with E-state index in [1.807, 2.05) is 0 Å². The molecule has 5 N–H and O–H groups in total. The van der Waals surface area contributed by atoms with E-state index in [-0.39, 0.29) is 5.82 Å². The first-order valence-electron chi connectivity index (χ1n) is 5.29. The molecule has 0 aliphatic heterocycles. The van der Waals surface area contributed by atoms with E-state index in [1.165, 1.54) is 6.07 Å². The van der Waals surface area contributed by atoms with E-state index >= 15 is 0 Å². The number of para-hydroxylation sites is 1. The molecular weight excluding hydrogens is 217 g/mol. The summed E-state index contributed by atoms with van der Waals surface area (Å²) in [6.07, 6.45) is 0. The quantitative estimate of drug-likeness (QED) is 0.711. The number of halogens is 1. The number of nitrogen functional groups attached to an aromatic ring is 2. The largest absolute Gasteiger partial charge is 0.399 e. The van der Waals surface area contributed by atoms with Gasteiger partial charge < -0.3 is 16.8 Å². The summed E-state index contributed by atoms with van der Waals surface area (Å²) in [6.45, 7) is 0.442. The Kier molecular flexibility index (Phi) is 3.14. The fourth-order valence-electron chi connectivity index (χ4n) is 1.57. The molecule has 0 aromatic heterocycles. The van der Waals surface area contributed by atoms with E-state index < -0.39 is 0 Å². The lowest BCUT2D eigenvalue weighted by Crippen LogP contribution is -2.04. The molecule has 17 heavy (non-hydrogen) atoms. The molecule has 0 atom stereocenters. The Morgan fingerprint density at radius 2 is 1.82 bits per heavy atom. The van der Waals surface area contributed by atoms with Gasteiger partial charge in [-0.25, -0.2) is 4.39 Å². The lowest BCUT2D eigenvalue weighted by atomic mass is 10.1. The second-order valence-electron chi connectivity index (χ2n) is 3.79. The maximum atomic E-state index is 13.4. The minimum absolute atomic E-state index is 0.282. The monoisotopic (exact) mass is 231 g/mol. The summed E-state index contributed by atoms with van der Waals surface area (Å²) >= 11 is 0. The highest BCUT2D eigenvalue weighted by Crippen LogP contribution is 2.18. The van der Waals surface area contributed by atoms with Gasteiger partial charge in [0.05, 0.1) is 5.69 Å². The first-order chi connectivity index (χ1) is 8.16. The van der Waals surface area contributed by atoms with Gasteiger partial charge in [0.1, 0.15) is 5.82 Å². The minimum atomic E-state index is -0.282. The third-order valence-electron chi connectivity index (χ3n) is 2.51. The van der Waals surface area contributed by atoms with Gasteiger partial charge in [0, 0.05) is 17.9 Å². The number of rotatable bonds is 3. The van der Waals surface area contributed by atoms with E-state index in [1.54, 1.807) is 36.4 Å². The fourth-order valence-corrected chi connectivity index (χ4v) is 1.57. The van der Waals surface area contributed by atoms with Crippen LogP contribution in [0.2, 0.25) is 0 Å². The predicted octanol–water partition coefficient (Wildman–Crippen LogP) is 2.60. The third-order valence-corrected chi connectivity index (χ3v) is 2.51. The SMILES string of the molecule is Nc1ccc(N)c(CNc2ccccc2F)c1. The molecule has 0 spiro atoms. The Morgan fingerprint density at radius 1 is 1.06 bits per heavy atom. The highest BCUT2D eigenvalue weighted by molar-refractivity contribution is 5.57. The Morgan fingerprint density at radius 3 is 2.59 bits per heavy atom. The summed E-state index contributed by atoms with van der Waals surface area (Å²) in [7, 11) is 0. The van der Waals surface area contributed by atoms with Crippen molar-refractivity contribution in [3.05, 3.63) is 53.8 Å². The second-order valence-corrected chi connectivity index (χ2v) is 3.79. The van der Waals surface area contributed by atoms with Crippen LogP contribution in [0.15, 0.2) is 42.5 Å². The molecule has 0 radical (unpaired) electrons. The van der Waals surface area contributed by atoms with E-state index in [2.05, 4.69) is 5.32 Å². The molecule has 2 rings (SSSR count). The first-order valence-corrected chi connectivity index (χ1v) is 5.29. The van der Waals surface area contributed by atoms with Gasteiger partial charge >= 0.3 is 0 Å². The predicted molar refractivity (Wildman–Crippen MR) is 69.0 cm³/mol. The van der Waals surface area contributed by atoms with E-state index in [4.69, 9.17) is 11.5 Å². The molecule has 2 aromatic rings. The van der Waals surface area contributed by atoms with Crippen molar-refractivity contribution in [3.8, 4) is 0 Å². The molecule has 88 valence electrons. The zero-order valence-electron chi connectivity index (χ0n) is 9.28. The fraction of sp³-hybridized carbons (Fsp3) is 0.0769. The van der Waals surface area contributed by atoms with Gasteiger partial charge in [0.25, 0.3) is 0 Å². The number of anilines is 3. The van der Waals surface area contributed by atoms with Crippen LogP contribution in [-0.4, -0.2) is 0 Å².